The molecule has 1 aromatic carbocycles. The molecule has 1 amide bonds. The number of benzene rings is 1. The van der Waals surface area contributed by atoms with E-state index in [2.05, 4.69) is 31.1 Å². The molecule has 0 radical (unpaired) electrons. The molecule has 2 fully saturated rings. The van der Waals surface area contributed by atoms with Crippen LogP contribution >= 0.6 is 11.6 Å². The van der Waals surface area contributed by atoms with Crippen molar-refractivity contribution < 1.29 is 14.3 Å². The van der Waals surface area contributed by atoms with Gasteiger partial charge in [-0.05, 0) is 57.5 Å². The van der Waals surface area contributed by atoms with E-state index >= 15 is 0 Å². The monoisotopic (exact) mass is 408 g/mol. The van der Waals surface area contributed by atoms with Gasteiger partial charge >= 0.3 is 0 Å². The van der Waals surface area contributed by atoms with Crippen molar-refractivity contribution in [1.82, 2.24) is 9.80 Å². The maximum atomic E-state index is 12.2. The van der Waals surface area contributed by atoms with Gasteiger partial charge in [-0.3, -0.25) is 4.79 Å². The number of likely N-dealkylation sites (N-methyl/N-ethyl adjacent to an activating group) is 1. The van der Waals surface area contributed by atoms with Crippen molar-refractivity contribution in [2.45, 2.75) is 43.6 Å². The van der Waals surface area contributed by atoms with E-state index in [9.17, 15) is 4.79 Å². The second-order valence-electron chi connectivity index (χ2n) is 8.18. The van der Waals surface area contributed by atoms with Crippen LogP contribution in [0.25, 0.3) is 0 Å². The lowest BCUT2D eigenvalue weighted by molar-refractivity contribution is -0.140. The predicted molar refractivity (Wildman–Crippen MR) is 112 cm³/mol. The summed E-state index contributed by atoms with van der Waals surface area (Å²) in [5.74, 6) is 0.0732. The minimum absolute atomic E-state index is 0.0732. The van der Waals surface area contributed by atoms with E-state index in [1.54, 1.807) is 0 Å². The fourth-order valence-electron chi connectivity index (χ4n) is 4.62. The Morgan fingerprint density at radius 3 is 2.50 bits per heavy atom. The van der Waals surface area contributed by atoms with Crippen LogP contribution < -0.4 is 0 Å². The maximum absolute atomic E-state index is 12.2. The molecule has 1 unspecified atom stereocenters. The molecule has 3 rings (SSSR count). The Labute approximate surface area is 173 Å². The lowest BCUT2D eigenvalue weighted by Gasteiger charge is -2.51. The minimum atomic E-state index is 0.0732. The number of hydrogen-bond acceptors (Lipinski definition) is 4. The summed E-state index contributed by atoms with van der Waals surface area (Å²) in [6, 6.07) is 8.85. The number of hydrogen-bond donors (Lipinski definition) is 0. The zero-order chi connectivity index (χ0) is 20.0. The average molecular weight is 409 g/mol. The van der Waals surface area contributed by atoms with Crippen LogP contribution in [-0.2, 0) is 19.7 Å². The molecule has 156 valence electrons. The van der Waals surface area contributed by atoms with Crippen LogP contribution in [0.5, 0.6) is 0 Å². The molecule has 0 aromatic heterocycles. The van der Waals surface area contributed by atoms with Gasteiger partial charge in [-0.25, -0.2) is 0 Å². The third-order valence-electron chi connectivity index (χ3n) is 6.28. The molecular formula is C22H33ClN2O3. The quantitative estimate of drug-likeness (QED) is 0.587. The smallest absolute Gasteiger partial charge is 0.248 e. The van der Waals surface area contributed by atoms with Crippen molar-refractivity contribution in [1.29, 1.82) is 0 Å². The highest BCUT2D eigenvalue weighted by molar-refractivity contribution is 6.30. The van der Waals surface area contributed by atoms with Gasteiger partial charge in [0.15, 0.2) is 0 Å². The van der Waals surface area contributed by atoms with Crippen molar-refractivity contribution in [3.8, 4) is 0 Å². The molecule has 28 heavy (non-hydrogen) atoms. The summed E-state index contributed by atoms with van der Waals surface area (Å²) in [6.07, 6.45) is 5.72. The SMILES string of the molecule is CN(C)C(CCCOCC(=O)N1CCOCC1)C1(c2ccc(Cl)cc2)CCC1. The van der Waals surface area contributed by atoms with Gasteiger partial charge in [0.2, 0.25) is 5.91 Å². The Kier molecular flexibility index (Phi) is 7.75. The molecule has 5 nitrogen and oxygen atoms in total. The summed E-state index contributed by atoms with van der Waals surface area (Å²) in [7, 11) is 4.34. The van der Waals surface area contributed by atoms with Crippen molar-refractivity contribution in [3.05, 3.63) is 34.9 Å². The molecule has 1 saturated carbocycles. The molecule has 1 aromatic rings. The number of halogens is 1. The molecule has 1 saturated heterocycles. The molecular weight excluding hydrogens is 376 g/mol. The van der Waals surface area contributed by atoms with E-state index in [-0.39, 0.29) is 17.9 Å². The number of carbonyl (C=O) groups excluding carboxylic acids is 1. The second-order valence-corrected chi connectivity index (χ2v) is 8.62. The predicted octanol–water partition coefficient (Wildman–Crippen LogP) is 3.35. The molecule has 1 heterocycles. The Morgan fingerprint density at radius 2 is 1.93 bits per heavy atom. The summed E-state index contributed by atoms with van der Waals surface area (Å²) in [5.41, 5.74) is 1.60. The van der Waals surface area contributed by atoms with Crippen molar-refractivity contribution in [2.75, 3.05) is 53.6 Å². The summed E-state index contributed by atoms with van der Waals surface area (Å²) in [4.78, 5) is 16.3. The van der Waals surface area contributed by atoms with Gasteiger partial charge in [0.05, 0.1) is 13.2 Å². The number of morpholine rings is 1. The van der Waals surface area contributed by atoms with Crippen molar-refractivity contribution in [2.24, 2.45) is 0 Å². The van der Waals surface area contributed by atoms with E-state index in [4.69, 9.17) is 21.1 Å². The average Bonchev–Trinajstić information content (AvgIpc) is 2.67. The molecule has 1 atom stereocenters. The van der Waals surface area contributed by atoms with Crippen LogP contribution in [0.1, 0.15) is 37.7 Å². The first-order valence-corrected chi connectivity index (χ1v) is 10.8. The summed E-state index contributed by atoms with van der Waals surface area (Å²) in [6.45, 7) is 3.40. The standard InChI is InChI=1S/C22H33ClN2O3/c1-24(2)20(22(10-4-11-22)18-6-8-19(23)9-7-18)5-3-14-28-17-21(26)25-12-15-27-16-13-25/h6-9,20H,3-5,10-17H2,1-2H3. The number of nitrogens with zero attached hydrogens (tertiary/aromatic N) is 2. The highest BCUT2D eigenvalue weighted by atomic mass is 35.5. The first kappa shape index (κ1) is 21.6. The highest BCUT2D eigenvalue weighted by Gasteiger charge is 2.45. The Morgan fingerprint density at radius 1 is 1.25 bits per heavy atom. The maximum Gasteiger partial charge on any atom is 0.248 e. The number of rotatable bonds is 9. The molecule has 0 N–H and O–H groups in total. The minimum Gasteiger partial charge on any atom is -0.378 e. The molecule has 0 spiro atoms. The zero-order valence-electron chi connectivity index (χ0n) is 17.2. The Hall–Kier alpha value is -1.14. The van der Waals surface area contributed by atoms with Gasteiger partial charge in [0, 0.05) is 36.2 Å². The molecule has 2 aliphatic rings. The van der Waals surface area contributed by atoms with E-state index in [0.29, 0.717) is 39.0 Å². The Balaban J connectivity index is 1.49. The first-order chi connectivity index (χ1) is 13.5. The van der Waals surface area contributed by atoms with E-state index in [0.717, 1.165) is 17.9 Å². The Bertz CT molecular complexity index is 625. The van der Waals surface area contributed by atoms with Crippen LogP contribution in [0.3, 0.4) is 0 Å². The van der Waals surface area contributed by atoms with Gasteiger partial charge in [-0.15, -0.1) is 0 Å². The van der Waals surface area contributed by atoms with Gasteiger partial charge in [-0.2, -0.15) is 0 Å². The first-order valence-electron chi connectivity index (χ1n) is 10.4. The van der Waals surface area contributed by atoms with Crippen LogP contribution in [-0.4, -0.2) is 75.4 Å². The van der Waals surface area contributed by atoms with Crippen molar-refractivity contribution in [3.63, 3.8) is 0 Å². The lowest BCUT2D eigenvalue weighted by Crippen LogP contribution is -2.52. The highest BCUT2D eigenvalue weighted by Crippen LogP contribution is 2.49. The molecule has 1 aliphatic heterocycles. The molecule has 6 heteroatoms. The van der Waals surface area contributed by atoms with E-state index in [1.165, 1.54) is 24.8 Å². The van der Waals surface area contributed by atoms with Gasteiger partial charge in [0.25, 0.3) is 0 Å². The van der Waals surface area contributed by atoms with Gasteiger partial charge in [0.1, 0.15) is 6.61 Å². The molecule has 0 bridgehead atoms. The molecule has 1 aliphatic carbocycles. The number of ether oxygens (including phenoxy) is 2. The zero-order valence-corrected chi connectivity index (χ0v) is 17.9. The van der Waals surface area contributed by atoms with Gasteiger partial charge < -0.3 is 19.3 Å². The number of amides is 1. The second kappa shape index (κ2) is 10.1. The topological polar surface area (TPSA) is 42.0 Å². The van der Waals surface area contributed by atoms with E-state index < -0.39 is 0 Å². The fraction of sp³-hybridized carbons (Fsp3) is 0.682. The van der Waals surface area contributed by atoms with Crippen LogP contribution in [0, 0.1) is 0 Å². The summed E-state index contributed by atoms with van der Waals surface area (Å²) in [5, 5.41) is 0.790. The fourth-order valence-corrected chi connectivity index (χ4v) is 4.75. The van der Waals surface area contributed by atoms with Gasteiger partial charge in [-0.1, -0.05) is 30.2 Å². The summed E-state index contributed by atoms with van der Waals surface area (Å²) < 4.78 is 11.0. The van der Waals surface area contributed by atoms with E-state index in [1.807, 2.05) is 17.0 Å². The third kappa shape index (κ3) is 5.07. The third-order valence-corrected chi connectivity index (χ3v) is 6.53. The largest absolute Gasteiger partial charge is 0.378 e. The summed E-state index contributed by atoms with van der Waals surface area (Å²) >= 11 is 6.10. The normalized spacial score (nSPS) is 20.1. The number of carbonyl (C=O) groups is 1. The van der Waals surface area contributed by atoms with Crippen LogP contribution in [0.4, 0.5) is 0 Å². The lowest BCUT2D eigenvalue weighted by atomic mass is 9.59. The van der Waals surface area contributed by atoms with Crippen LogP contribution in [0.2, 0.25) is 5.02 Å². The van der Waals surface area contributed by atoms with Crippen LogP contribution in [0.15, 0.2) is 24.3 Å². The van der Waals surface area contributed by atoms with Crippen molar-refractivity contribution >= 4 is 17.5 Å².